The standard InChI is InChI=1S/C16H21N5O2S/c1-2-11-9-12-15(18-10-19-16(12)24-11)21-7-5-20(6-8-21)14(23)4-3-13(17)22/h9-10H,2-8H2,1H3,(H2,17,22). The highest BCUT2D eigenvalue weighted by atomic mass is 32.1. The van der Waals surface area contributed by atoms with E-state index in [1.807, 2.05) is 0 Å². The van der Waals surface area contributed by atoms with Crippen molar-refractivity contribution in [3.8, 4) is 0 Å². The molecule has 0 radical (unpaired) electrons. The molecule has 24 heavy (non-hydrogen) atoms. The van der Waals surface area contributed by atoms with Gasteiger partial charge in [0, 0.05) is 43.9 Å². The molecule has 2 N–H and O–H groups in total. The number of nitrogens with two attached hydrogens (primary N) is 1. The zero-order valence-corrected chi connectivity index (χ0v) is 14.5. The number of thiophene rings is 1. The Bertz CT molecular complexity index is 752. The number of fused-ring (bicyclic) bond motifs is 1. The van der Waals surface area contributed by atoms with E-state index in [0.29, 0.717) is 13.1 Å². The molecule has 0 unspecified atom stereocenters. The maximum absolute atomic E-state index is 12.1. The zero-order valence-electron chi connectivity index (χ0n) is 13.7. The summed E-state index contributed by atoms with van der Waals surface area (Å²) < 4.78 is 0. The molecule has 8 heteroatoms. The molecule has 0 bridgehead atoms. The highest BCUT2D eigenvalue weighted by molar-refractivity contribution is 7.18. The smallest absolute Gasteiger partial charge is 0.223 e. The number of hydrogen-bond donors (Lipinski definition) is 1. The molecule has 0 aliphatic carbocycles. The van der Waals surface area contributed by atoms with E-state index in [9.17, 15) is 9.59 Å². The van der Waals surface area contributed by atoms with E-state index in [4.69, 9.17) is 5.73 Å². The number of rotatable bonds is 5. The Morgan fingerprint density at radius 2 is 1.96 bits per heavy atom. The van der Waals surface area contributed by atoms with Crippen LogP contribution in [-0.4, -0.2) is 52.9 Å². The van der Waals surface area contributed by atoms with E-state index in [-0.39, 0.29) is 18.7 Å². The van der Waals surface area contributed by atoms with Crippen LogP contribution in [0.4, 0.5) is 5.82 Å². The molecule has 0 atom stereocenters. The average Bonchev–Trinajstić information content (AvgIpc) is 3.03. The molecule has 128 valence electrons. The molecule has 0 spiro atoms. The van der Waals surface area contributed by atoms with Gasteiger partial charge in [0.1, 0.15) is 17.0 Å². The summed E-state index contributed by atoms with van der Waals surface area (Å²) in [6.07, 6.45) is 2.90. The second-order valence-corrected chi connectivity index (χ2v) is 6.93. The SMILES string of the molecule is CCc1cc2c(N3CCN(C(=O)CCC(N)=O)CC3)ncnc2s1. The van der Waals surface area contributed by atoms with Gasteiger partial charge in [-0.15, -0.1) is 11.3 Å². The number of carbonyl (C=O) groups excluding carboxylic acids is 2. The van der Waals surface area contributed by atoms with Gasteiger partial charge in [-0.3, -0.25) is 9.59 Å². The van der Waals surface area contributed by atoms with Crippen LogP contribution in [0, 0.1) is 0 Å². The van der Waals surface area contributed by atoms with Gasteiger partial charge in [0.15, 0.2) is 0 Å². The lowest BCUT2D eigenvalue weighted by Crippen LogP contribution is -2.49. The van der Waals surface area contributed by atoms with Gasteiger partial charge in [-0.25, -0.2) is 9.97 Å². The molecule has 1 aliphatic heterocycles. The number of aryl methyl sites for hydroxylation is 1. The molecule has 3 rings (SSSR count). The highest BCUT2D eigenvalue weighted by Crippen LogP contribution is 2.30. The van der Waals surface area contributed by atoms with Crippen molar-refractivity contribution in [2.75, 3.05) is 31.1 Å². The summed E-state index contributed by atoms with van der Waals surface area (Å²) in [5.74, 6) is 0.500. The summed E-state index contributed by atoms with van der Waals surface area (Å²) in [7, 11) is 0. The third-order valence-corrected chi connectivity index (χ3v) is 5.41. The van der Waals surface area contributed by atoms with Gasteiger partial charge in [-0.05, 0) is 12.5 Å². The lowest BCUT2D eigenvalue weighted by atomic mass is 10.2. The third-order valence-electron chi connectivity index (χ3n) is 4.23. The minimum atomic E-state index is -0.436. The van der Waals surface area contributed by atoms with E-state index < -0.39 is 5.91 Å². The minimum absolute atomic E-state index is 0.00918. The summed E-state index contributed by atoms with van der Waals surface area (Å²) in [6, 6.07) is 2.17. The first-order valence-electron chi connectivity index (χ1n) is 8.13. The van der Waals surface area contributed by atoms with Gasteiger partial charge < -0.3 is 15.5 Å². The number of carbonyl (C=O) groups is 2. The van der Waals surface area contributed by atoms with E-state index in [1.165, 1.54) is 4.88 Å². The Labute approximate surface area is 144 Å². The van der Waals surface area contributed by atoms with Gasteiger partial charge in [0.05, 0.1) is 5.39 Å². The lowest BCUT2D eigenvalue weighted by molar-refractivity contribution is -0.133. The lowest BCUT2D eigenvalue weighted by Gasteiger charge is -2.35. The maximum atomic E-state index is 12.1. The quantitative estimate of drug-likeness (QED) is 0.876. The molecule has 7 nitrogen and oxygen atoms in total. The highest BCUT2D eigenvalue weighted by Gasteiger charge is 2.23. The Morgan fingerprint density at radius 1 is 1.21 bits per heavy atom. The monoisotopic (exact) mass is 347 g/mol. The van der Waals surface area contributed by atoms with Crippen molar-refractivity contribution in [2.24, 2.45) is 5.73 Å². The van der Waals surface area contributed by atoms with Gasteiger partial charge >= 0.3 is 0 Å². The van der Waals surface area contributed by atoms with Crippen LogP contribution in [0.5, 0.6) is 0 Å². The van der Waals surface area contributed by atoms with Crippen molar-refractivity contribution in [1.29, 1.82) is 0 Å². The number of primary amides is 1. The van der Waals surface area contributed by atoms with Crippen LogP contribution >= 0.6 is 11.3 Å². The molecule has 0 aromatic carbocycles. The molecule has 1 saturated heterocycles. The molecule has 3 heterocycles. The van der Waals surface area contributed by atoms with Crippen LogP contribution in [0.15, 0.2) is 12.4 Å². The number of anilines is 1. The van der Waals surface area contributed by atoms with E-state index in [0.717, 1.165) is 35.5 Å². The largest absolute Gasteiger partial charge is 0.370 e. The average molecular weight is 347 g/mol. The molecule has 1 fully saturated rings. The summed E-state index contributed by atoms with van der Waals surface area (Å²) in [6.45, 7) is 4.85. The van der Waals surface area contributed by atoms with Crippen LogP contribution in [0.3, 0.4) is 0 Å². The van der Waals surface area contributed by atoms with Gasteiger partial charge in [0.2, 0.25) is 11.8 Å². The van der Waals surface area contributed by atoms with Crippen molar-refractivity contribution in [3.05, 3.63) is 17.3 Å². The number of piperazine rings is 1. The van der Waals surface area contributed by atoms with Gasteiger partial charge in [-0.1, -0.05) is 6.92 Å². The predicted molar refractivity (Wildman–Crippen MR) is 94.0 cm³/mol. The predicted octanol–water partition coefficient (Wildman–Crippen LogP) is 1.17. The second-order valence-electron chi connectivity index (χ2n) is 5.82. The third kappa shape index (κ3) is 3.48. The number of aromatic nitrogens is 2. The van der Waals surface area contributed by atoms with E-state index in [1.54, 1.807) is 22.6 Å². The van der Waals surface area contributed by atoms with Crippen molar-refractivity contribution >= 4 is 39.2 Å². The summed E-state index contributed by atoms with van der Waals surface area (Å²) in [4.78, 5) is 38.0. The molecule has 2 amide bonds. The van der Waals surface area contributed by atoms with Gasteiger partial charge in [0.25, 0.3) is 0 Å². The van der Waals surface area contributed by atoms with Crippen molar-refractivity contribution in [2.45, 2.75) is 26.2 Å². The fraction of sp³-hybridized carbons (Fsp3) is 0.500. The van der Waals surface area contributed by atoms with E-state index >= 15 is 0 Å². The Balaban J connectivity index is 1.67. The fourth-order valence-electron chi connectivity index (χ4n) is 2.88. The van der Waals surface area contributed by atoms with E-state index in [2.05, 4.69) is 27.9 Å². The van der Waals surface area contributed by atoms with Crippen LogP contribution in [0.1, 0.15) is 24.6 Å². The second kappa shape index (κ2) is 7.12. The number of amides is 2. The van der Waals surface area contributed by atoms with Gasteiger partial charge in [-0.2, -0.15) is 0 Å². The summed E-state index contributed by atoms with van der Waals surface area (Å²) >= 11 is 1.70. The normalized spacial score (nSPS) is 15.0. The minimum Gasteiger partial charge on any atom is -0.370 e. The summed E-state index contributed by atoms with van der Waals surface area (Å²) in [5, 5.41) is 1.09. The Kier molecular flexibility index (Phi) is 4.94. The summed E-state index contributed by atoms with van der Waals surface area (Å²) in [5.41, 5.74) is 5.10. The number of nitrogens with zero attached hydrogens (tertiary/aromatic N) is 4. The molecular weight excluding hydrogens is 326 g/mol. The van der Waals surface area contributed by atoms with Crippen molar-refractivity contribution in [1.82, 2.24) is 14.9 Å². The van der Waals surface area contributed by atoms with Crippen LogP contribution in [0.2, 0.25) is 0 Å². The first-order valence-corrected chi connectivity index (χ1v) is 8.94. The van der Waals surface area contributed by atoms with Crippen LogP contribution in [-0.2, 0) is 16.0 Å². The number of hydrogen-bond acceptors (Lipinski definition) is 6. The fourth-order valence-corrected chi connectivity index (χ4v) is 3.80. The molecular formula is C16H21N5O2S. The first kappa shape index (κ1) is 16.6. The zero-order chi connectivity index (χ0) is 17.1. The molecule has 2 aromatic heterocycles. The topological polar surface area (TPSA) is 92.4 Å². The molecule has 1 aliphatic rings. The van der Waals surface area contributed by atoms with Crippen molar-refractivity contribution in [3.63, 3.8) is 0 Å². The molecule has 2 aromatic rings. The van der Waals surface area contributed by atoms with Crippen LogP contribution < -0.4 is 10.6 Å². The van der Waals surface area contributed by atoms with Crippen molar-refractivity contribution < 1.29 is 9.59 Å². The van der Waals surface area contributed by atoms with Crippen LogP contribution in [0.25, 0.3) is 10.2 Å². The maximum Gasteiger partial charge on any atom is 0.223 e. The molecule has 0 saturated carbocycles. The Hall–Kier alpha value is -2.22. The Morgan fingerprint density at radius 3 is 2.62 bits per heavy atom. The first-order chi connectivity index (χ1) is 11.6.